The van der Waals surface area contributed by atoms with E-state index in [-0.39, 0.29) is 17.3 Å². The molecule has 0 fully saturated rings. The van der Waals surface area contributed by atoms with Crippen molar-refractivity contribution in [1.82, 2.24) is 4.90 Å². The average molecular weight is 294 g/mol. The van der Waals surface area contributed by atoms with E-state index in [4.69, 9.17) is 9.84 Å². The number of nitrogens with zero attached hydrogens (tertiary/aromatic N) is 1. The van der Waals surface area contributed by atoms with Crippen molar-refractivity contribution in [1.29, 1.82) is 0 Å². The van der Waals surface area contributed by atoms with Crippen LogP contribution in [0.3, 0.4) is 0 Å². The first-order valence-electron chi connectivity index (χ1n) is 6.78. The van der Waals surface area contributed by atoms with Crippen molar-refractivity contribution in [3.8, 4) is 5.75 Å². The smallest absolute Gasteiger partial charge is 0.339 e. The number of methoxy groups -OCH3 is 1. The summed E-state index contributed by atoms with van der Waals surface area (Å²) in [5, 5.41) is 11.7. The molecule has 0 radical (unpaired) electrons. The molecule has 2 amide bonds. The summed E-state index contributed by atoms with van der Waals surface area (Å²) in [7, 11) is 3.11. The molecular weight excluding hydrogens is 272 g/mol. The minimum atomic E-state index is -1.07. The third kappa shape index (κ3) is 4.98. The van der Waals surface area contributed by atoms with Gasteiger partial charge in [-0.25, -0.2) is 9.59 Å². The largest absolute Gasteiger partial charge is 0.496 e. The number of rotatable bonds is 6. The molecule has 21 heavy (non-hydrogen) atoms. The number of aromatic carboxylic acids is 1. The fraction of sp³-hybridized carbons (Fsp3) is 0.467. The van der Waals surface area contributed by atoms with Crippen LogP contribution < -0.4 is 10.1 Å². The summed E-state index contributed by atoms with van der Waals surface area (Å²) in [6, 6.07) is 4.21. The summed E-state index contributed by atoms with van der Waals surface area (Å²) >= 11 is 0. The van der Waals surface area contributed by atoms with Crippen LogP contribution in [0.1, 0.15) is 30.6 Å². The number of amides is 2. The molecule has 2 N–H and O–H groups in total. The van der Waals surface area contributed by atoms with Crippen LogP contribution in [-0.2, 0) is 0 Å². The van der Waals surface area contributed by atoms with Gasteiger partial charge in [0.1, 0.15) is 11.3 Å². The number of carbonyl (C=O) groups excluding carboxylic acids is 1. The molecule has 0 atom stereocenters. The minimum Gasteiger partial charge on any atom is -0.496 e. The molecule has 1 aromatic carbocycles. The van der Waals surface area contributed by atoms with Crippen molar-refractivity contribution >= 4 is 17.7 Å². The highest BCUT2D eigenvalue weighted by Crippen LogP contribution is 2.23. The van der Waals surface area contributed by atoms with Gasteiger partial charge in [-0.15, -0.1) is 0 Å². The van der Waals surface area contributed by atoms with Crippen molar-refractivity contribution < 1.29 is 19.4 Å². The van der Waals surface area contributed by atoms with E-state index in [2.05, 4.69) is 19.2 Å². The summed E-state index contributed by atoms with van der Waals surface area (Å²) in [5.41, 5.74) is 0.557. The van der Waals surface area contributed by atoms with Gasteiger partial charge in [-0.3, -0.25) is 0 Å². The van der Waals surface area contributed by atoms with Gasteiger partial charge in [0.15, 0.2) is 0 Å². The van der Waals surface area contributed by atoms with Crippen molar-refractivity contribution in [2.75, 3.05) is 26.0 Å². The van der Waals surface area contributed by atoms with Crippen LogP contribution in [0.25, 0.3) is 0 Å². The van der Waals surface area contributed by atoms with E-state index >= 15 is 0 Å². The highest BCUT2D eigenvalue weighted by Gasteiger charge is 2.14. The quantitative estimate of drug-likeness (QED) is 0.845. The molecule has 1 aromatic rings. The van der Waals surface area contributed by atoms with Crippen LogP contribution in [0.5, 0.6) is 5.75 Å². The lowest BCUT2D eigenvalue weighted by Crippen LogP contribution is -2.32. The Hall–Kier alpha value is -2.24. The lowest BCUT2D eigenvalue weighted by atomic mass is 10.1. The lowest BCUT2D eigenvalue weighted by molar-refractivity contribution is 0.0693. The molecule has 0 aliphatic carbocycles. The van der Waals surface area contributed by atoms with Crippen molar-refractivity contribution in [2.24, 2.45) is 5.92 Å². The summed E-state index contributed by atoms with van der Waals surface area (Å²) in [5.74, 6) is -0.334. The second-order valence-corrected chi connectivity index (χ2v) is 5.25. The number of carboxylic acids is 1. The molecule has 0 aliphatic heterocycles. The SMILES string of the molecule is COc1cc(NC(=O)N(C)CCC(C)C)ccc1C(=O)O. The number of ether oxygens (including phenoxy) is 1. The Labute approximate surface area is 124 Å². The second-order valence-electron chi connectivity index (χ2n) is 5.25. The van der Waals surface area contributed by atoms with E-state index in [9.17, 15) is 9.59 Å². The van der Waals surface area contributed by atoms with E-state index in [0.29, 0.717) is 18.2 Å². The topological polar surface area (TPSA) is 78.9 Å². The molecule has 116 valence electrons. The van der Waals surface area contributed by atoms with Gasteiger partial charge >= 0.3 is 12.0 Å². The summed E-state index contributed by atoms with van der Waals surface area (Å²) in [4.78, 5) is 24.6. The first kappa shape index (κ1) is 16.8. The Balaban J connectivity index is 2.74. The zero-order valence-corrected chi connectivity index (χ0v) is 12.8. The van der Waals surface area contributed by atoms with Crippen LogP contribution in [0.2, 0.25) is 0 Å². The fourth-order valence-electron chi connectivity index (χ4n) is 1.72. The standard InChI is InChI=1S/C15H22N2O4/c1-10(2)7-8-17(3)15(20)16-11-5-6-12(14(18)19)13(9-11)21-4/h5-6,9-10H,7-8H2,1-4H3,(H,16,20)(H,18,19). The zero-order valence-electron chi connectivity index (χ0n) is 12.8. The zero-order chi connectivity index (χ0) is 16.0. The maximum atomic E-state index is 12.0. The second kappa shape index (κ2) is 7.52. The molecule has 6 heteroatoms. The van der Waals surface area contributed by atoms with Gasteiger partial charge in [0.2, 0.25) is 0 Å². The number of anilines is 1. The molecule has 0 saturated carbocycles. The highest BCUT2D eigenvalue weighted by molar-refractivity contribution is 5.94. The third-order valence-corrected chi connectivity index (χ3v) is 3.07. The molecule has 6 nitrogen and oxygen atoms in total. The third-order valence-electron chi connectivity index (χ3n) is 3.07. The van der Waals surface area contributed by atoms with Crippen LogP contribution in [-0.4, -0.2) is 42.7 Å². The molecule has 0 aliphatic rings. The van der Waals surface area contributed by atoms with Crippen LogP contribution in [0, 0.1) is 5.92 Å². The molecule has 0 bridgehead atoms. The Morgan fingerprint density at radius 2 is 2.05 bits per heavy atom. The summed E-state index contributed by atoms with van der Waals surface area (Å²) < 4.78 is 5.02. The Morgan fingerprint density at radius 3 is 2.57 bits per heavy atom. The maximum Gasteiger partial charge on any atom is 0.339 e. The molecule has 0 heterocycles. The normalized spacial score (nSPS) is 10.3. The Bertz CT molecular complexity index is 514. The summed E-state index contributed by atoms with van der Waals surface area (Å²) in [6.07, 6.45) is 0.922. The predicted molar refractivity (Wildman–Crippen MR) is 81.1 cm³/mol. The predicted octanol–water partition coefficient (Wildman–Crippen LogP) is 2.90. The molecule has 1 rings (SSSR count). The van der Waals surface area contributed by atoms with E-state index < -0.39 is 5.97 Å². The first-order chi connectivity index (χ1) is 9.85. The van der Waals surface area contributed by atoms with Gasteiger partial charge in [-0.1, -0.05) is 13.8 Å². The maximum absolute atomic E-state index is 12.0. The summed E-state index contributed by atoms with van der Waals surface area (Å²) in [6.45, 7) is 4.86. The van der Waals surface area contributed by atoms with E-state index in [1.54, 1.807) is 18.0 Å². The molecular formula is C15H22N2O4. The first-order valence-corrected chi connectivity index (χ1v) is 6.78. The monoisotopic (exact) mass is 294 g/mol. The number of hydrogen-bond donors (Lipinski definition) is 2. The number of carboxylic acid groups (broad SMARTS) is 1. The van der Waals surface area contributed by atoms with Crippen molar-refractivity contribution in [3.63, 3.8) is 0 Å². The molecule has 0 spiro atoms. The van der Waals surface area contributed by atoms with Crippen molar-refractivity contribution in [2.45, 2.75) is 20.3 Å². The van der Waals surface area contributed by atoms with Crippen molar-refractivity contribution in [3.05, 3.63) is 23.8 Å². The van der Waals surface area contributed by atoms with E-state index in [1.165, 1.54) is 19.2 Å². The van der Waals surface area contributed by atoms with E-state index in [0.717, 1.165) is 6.42 Å². The van der Waals surface area contributed by atoms with Gasteiger partial charge in [0.25, 0.3) is 0 Å². The van der Waals surface area contributed by atoms with Gasteiger partial charge in [0, 0.05) is 25.3 Å². The highest BCUT2D eigenvalue weighted by atomic mass is 16.5. The average Bonchev–Trinajstić information content (AvgIpc) is 2.43. The van der Waals surface area contributed by atoms with Crippen LogP contribution in [0.4, 0.5) is 10.5 Å². The van der Waals surface area contributed by atoms with Gasteiger partial charge < -0.3 is 20.1 Å². The van der Waals surface area contributed by atoms with E-state index in [1.807, 2.05) is 0 Å². The van der Waals surface area contributed by atoms with Crippen LogP contribution in [0.15, 0.2) is 18.2 Å². The fourth-order valence-corrected chi connectivity index (χ4v) is 1.72. The molecule has 0 unspecified atom stereocenters. The Morgan fingerprint density at radius 1 is 1.38 bits per heavy atom. The number of urea groups is 1. The molecule has 0 saturated heterocycles. The van der Waals surface area contributed by atoms with Gasteiger partial charge in [-0.05, 0) is 24.5 Å². The number of carbonyl (C=O) groups is 2. The molecule has 0 aromatic heterocycles. The van der Waals surface area contributed by atoms with Gasteiger partial charge in [-0.2, -0.15) is 0 Å². The Kier molecular flexibility index (Phi) is 6.02. The minimum absolute atomic E-state index is 0.0589. The number of benzene rings is 1. The van der Waals surface area contributed by atoms with Crippen LogP contribution >= 0.6 is 0 Å². The lowest BCUT2D eigenvalue weighted by Gasteiger charge is -2.19. The number of hydrogen-bond acceptors (Lipinski definition) is 3. The van der Waals surface area contributed by atoms with Gasteiger partial charge in [0.05, 0.1) is 7.11 Å². The number of nitrogens with one attached hydrogen (secondary N) is 1.